The van der Waals surface area contributed by atoms with Gasteiger partial charge in [-0.2, -0.15) is 0 Å². The molecule has 0 aromatic carbocycles. The standard InChI is InChI=1S/C11H18N2OS/c1-3-10-4-7-15-11(10)8-12-5-6-13-9(2)14/h4,7,12H,3,5-6,8H2,1-2H3,(H,13,14). The van der Waals surface area contributed by atoms with Crippen LogP contribution in [0.4, 0.5) is 0 Å². The molecule has 84 valence electrons. The molecule has 0 aliphatic heterocycles. The molecule has 0 unspecified atom stereocenters. The van der Waals surface area contributed by atoms with E-state index in [9.17, 15) is 4.79 Å². The Hall–Kier alpha value is -0.870. The normalized spacial score (nSPS) is 10.3. The first-order valence-electron chi connectivity index (χ1n) is 5.24. The summed E-state index contributed by atoms with van der Waals surface area (Å²) < 4.78 is 0. The summed E-state index contributed by atoms with van der Waals surface area (Å²) in [5.74, 6) is 0.0298. The summed E-state index contributed by atoms with van der Waals surface area (Å²) in [5.41, 5.74) is 1.42. The van der Waals surface area contributed by atoms with Crippen LogP contribution in [0.3, 0.4) is 0 Å². The summed E-state index contributed by atoms with van der Waals surface area (Å²) >= 11 is 1.79. The number of rotatable bonds is 6. The van der Waals surface area contributed by atoms with Gasteiger partial charge in [-0.3, -0.25) is 4.79 Å². The van der Waals surface area contributed by atoms with Crippen molar-refractivity contribution in [3.8, 4) is 0 Å². The van der Waals surface area contributed by atoms with Crippen molar-refractivity contribution >= 4 is 17.2 Å². The van der Waals surface area contributed by atoms with E-state index in [1.165, 1.54) is 17.4 Å². The van der Waals surface area contributed by atoms with E-state index < -0.39 is 0 Å². The number of nitrogens with one attached hydrogen (secondary N) is 2. The highest BCUT2D eigenvalue weighted by Crippen LogP contribution is 2.16. The Kier molecular flexibility index (Phi) is 5.36. The maximum atomic E-state index is 10.6. The highest BCUT2D eigenvalue weighted by molar-refractivity contribution is 7.10. The van der Waals surface area contributed by atoms with Crippen LogP contribution in [-0.2, 0) is 17.8 Å². The van der Waals surface area contributed by atoms with Crippen molar-refractivity contribution < 1.29 is 4.79 Å². The predicted octanol–water partition coefficient (Wildman–Crippen LogP) is 1.54. The first-order valence-corrected chi connectivity index (χ1v) is 6.12. The maximum absolute atomic E-state index is 10.6. The average Bonchev–Trinajstić information content (AvgIpc) is 2.64. The van der Waals surface area contributed by atoms with Crippen LogP contribution in [0, 0.1) is 0 Å². The molecule has 0 spiro atoms. The van der Waals surface area contributed by atoms with E-state index in [4.69, 9.17) is 0 Å². The average molecular weight is 226 g/mol. The SMILES string of the molecule is CCc1ccsc1CNCCNC(C)=O. The second-order valence-electron chi connectivity index (χ2n) is 3.38. The van der Waals surface area contributed by atoms with Crippen LogP contribution in [0.15, 0.2) is 11.4 Å². The number of carbonyl (C=O) groups excluding carboxylic acids is 1. The third-order valence-electron chi connectivity index (χ3n) is 2.18. The van der Waals surface area contributed by atoms with Crippen molar-refractivity contribution in [2.75, 3.05) is 13.1 Å². The molecule has 0 bridgehead atoms. The molecule has 1 aromatic rings. The van der Waals surface area contributed by atoms with Gasteiger partial charge in [0.1, 0.15) is 0 Å². The zero-order valence-electron chi connectivity index (χ0n) is 9.30. The van der Waals surface area contributed by atoms with Gasteiger partial charge in [-0.25, -0.2) is 0 Å². The highest BCUT2D eigenvalue weighted by Gasteiger charge is 2.00. The van der Waals surface area contributed by atoms with E-state index in [1.54, 1.807) is 11.3 Å². The quantitative estimate of drug-likeness (QED) is 0.722. The fraction of sp³-hybridized carbons (Fsp3) is 0.545. The topological polar surface area (TPSA) is 41.1 Å². The second kappa shape index (κ2) is 6.58. The lowest BCUT2D eigenvalue weighted by Crippen LogP contribution is -2.29. The van der Waals surface area contributed by atoms with Gasteiger partial charge < -0.3 is 10.6 Å². The fourth-order valence-corrected chi connectivity index (χ4v) is 2.31. The molecule has 2 N–H and O–H groups in total. The van der Waals surface area contributed by atoms with Gasteiger partial charge in [-0.15, -0.1) is 11.3 Å². The van der Waals surface area contributed by atoms with Crippen molar-refractivity contribution in [1.29, 1.82) is 0 Å². The van der Waals surface area contributed by atoms with Crippen LogP contribution in [0.2, 0.25) is 0 Å². The molecule has 0 saturated carbocycles. The molecule has 4 heteroatoms. The molecule has 1 heterocycles. The Balaban J connectivity index is 2.17. The molecule has 1 rings (SSSR count). The third-order valence-corrected chi connectivity index (χ3v) is 3.14. The Bertz CT molecular complexity index is 309. The van der Waals surface area contributed by atoms with Crippen LogP contribution in [0.1, 0.15) is 24.3 Å². The number of amides is 1. The van der Waals surface area contributed by atoms with Crippen molar-refractivity contribution in [2.24, 2.45) is 0 Å². The van der Waals surface area contributed by atoms with Crippen molar-refractivity contribution in [1.82, 2.24) is 10.6 Å². The van der Waals surface area contributed by atoms with E-state index in [0.29, 0.717) is 6.54 Å². The lowest BCUT2D eigenvalue weighted by atomic mass is 10.2. The summed E-state index contributed by atoms with van der Waals surface area (Å²) in [5, 5.41) is 8.20. The first kappa shape index (κ1) is 12.2. The lowest BCUT2D eigenvalue weighted by molar-refractivity contribution is -0.118. The molecule has 1 amide bonds. The number of aryl methyl sites for hydroxylation is 1. The largest absolute Gasteiger partial charge is 0.355 e. The van der Waals surface area contributed by atoms with Gasteiger partial charge in [0.05, 0.1) is 0 Å². The number of hydrogen-bond acceptors (Lipinski definition) is 3. The zero-order valence-corrected chi connectivity index (χ0v) is 10.1. The summed E-state index contributed by atoms with van der Waals surface area (Å²) in [4.78, 5) is 12.0. The van der Waals surface area contributed by atoms with Crippen molar-refractivity contribution in [3.05, 3.63) is 21.9 Å². The molecular formula is C11H18N2OS. The number of hydrogen-bond donors (Lipinski definition) is 2. The van der Waals surface area contributed by atoms with Gasteiger partial charge in [0, 0.05) is 31.4 Å². The maximum Gasteiger partial charge on any atom is 0.216 e. The van der Waals surface area contributed by atoms with Gasteiger partial charge in [0.25, 0.3) is 0 Å². The van der Waals surface area contributed by atoms with Crippen LogP contribution in [-0.4, -0.2) is 19.0 Å². The fourth-order valence-electron chi connectivity index (χ4n) is 1.37. The minimum absolute atomic E-state index is 0.0298. The molecule has 15 heavy (non-hydrogen) atoms. The van der Waals surface area contributed by atoms with Gasteiger partial charge in [0.2, 0.25) is 5.91 Å². The van der Waals surface area contributed by atoms with E-state index in [1.807, 2.05) is 0 Å². The van der Waals surface area contributed by atoms with Gasteiger partial charge in [-0.05, 0) is 23.4 Å². The molecule has 3 nitrogen and oxygen atoms in total. The van der Waals surface area contributed by atoms with Crippen LogP contribution in [0.25, 0.3) is 0 Å². The smallest absolute Gasteiger partial charge is 0.216 e. The summed E-state index contributed by atoms with van der Waals surface area (Å²) in [7, 11) is 0. The first-order chi connectivity index (χ1) is 7.24. The van der Waals surface area contributed by atoms with Crippen molar-refractivity contribution in [3.63, 3.8) is 0 Å². The van der Waals surface area contributed by atoms with Crippen LogP contribution in [0.5, 0.6) is 0 Å². The molecule has 0 saturated heterocycles. The monoisotopic (exact) mass is 226 g/mol. The van der Waals surface area contributed by atoms with Crippen LogP contribution >= 0.6 is 11.3 Å². The molecule has 0 aliphatic rings. The van der Waals surface area contributed by atoms with E-state index >= 15 is 0 Å². The van der Waals surface area contributed by atoms with Crippen LogP contribution < -0.4 is 10.6 Å². The predicted molar refractivity (Wildman–Crippen MR) is 64.1 cm³/mol. The third kappa shape index (κ3) is 4.44. The molecule has 0 atom stereocenters. The summed E-state index contributed by atoms with van der Waals surface area (Å²) in [6.07, 6.45) is 1.09. The van der Waals surface area contributed by atoms with E-state index in [2.05, 4.69) is 29.0 Å². The van der Waals surface area contributed by atoms with Gasteiger partial charge in [-0.1, -0.05) is 6.92 Å². The summed E-state index contributed by atoms with van der Waals surface area (Å²) in [6.45, 7) is 6.13. The van der Waals surface area contributed by atoms with Crippen molar-refractivity contribution in [2.45, 2.75) is 26.8 Å². The van der Waals surface area contributed by atoms with Gasteiger partial charge >= 0.3 is 0 Å². The Morgan fingerprint density at radius 1 is 1.47 bits per heavy atom. The lowest BCUT2D eigenvalue weighted by Gasteiger charge is -2.05. The molecule has 1 aromatic heterocycles. The zero-order chi connectivity index (χ0) is 11.1. The second-order valence-corrected chi connectivity index (χ2v) is 4.38. The molecule has 0 radical (unpaired) electrons. The minimum atomic E-state index is 0.0298. The Morgan fingerprint density at radius 2 is 2.27 bits per heavy atom. The highest BCUT2D eigenvalue weighted by atomic mass is 32.1. The Morgan fingerprint density at radius 3 is 2.93 bits per heavy atom. The summed E-state index contributed by atoms with van der Waals surface area (Å²) in [6, 6.07) is 2.18. The van der Waals surface area contributed by atoms with Gasteiger partial charge in [0.15, 0.2) is 0 Å². The molecular weight excluding hydrogens is 208 g/mol. The molecule has 0 aliphatic carbocycles. The number of carbonyl (C=O) groups is 1. The minimum Gasteiger partial charge on any atom is -0.355 e. The van der Waals surface area contributed by atoms with E-state index in [0.717, 1.165) is 19.5 Å². The Labute approximate surface area is 94.9 Å². The molecule has 0 fully saturated rings. The van der Waals surface area contributed by atoms with E-state index in [-0.39, 0.29) is 5.91 Å². The number of thiophene rings is 1.